The zero-order valence-corrected chi connectivity index (χ0v) is 9.87. The van der Waals surface area contributed by atoms with E-state index in [4.69, 9.17) is 4.74 Å². The summed E-state index contributed by atoms with van der Waals surface area (Å²) >= 11 is 1.52. The fourth-order valence-corrected chi connectivity index (χ4v) is 2.64. The first kappa shape index (κ1) is 11.2. The predicted molar refractivity (Wildman–Crippen MR) is 65.5 cm³/mol. The molecule has 0 saturated heterocycles. The number of nitrogens with zero attached hydrogens (tertiary/aromatic N) is 1. The average molecular weight is 235 g/mol. The van der Waals surface area contributed by atoms with Crippen LogP contribution < -0.4 is 0 Å². The fraction of sp³-hybridized carbons (Fsp3) is 0.333. The number of carbonyl (C=O) groups excluding carboxylic acids is 1. The molecule has 0 aliphatic carbocycles. The molecule has 0 fully saturated rings. The Kier molecular flexibility index (Phi) is 3.62. The third kappa shape index (κ3) is 2.64. The number of rotatable bonds is 2. The number of benzene rings is 1. The molecule has 1 aromatic carbocycles. The molecule has 0 spiro atoms. The maximum Gasteiger partial charge on any atom is 0.254 e. The molecule has 4 heteroatoms. The lowest BCUT2D eigenvalue weighted by Gasteiger charge is -2.20. The van der Waals surface area contributed by atoms with Crippen LogP contribution >= 0.6 is 11.8 Å². The highest BCUT2D eigenvalue weighted by atomic mass is 32.2. The molecule has 84 valence electrons. The highest BCUT2D eigenvalue weighted by molar-refractivity contribution is 8.13. The minimum Gasteiger partial charge on any atom is -0.473 e. The summed E-state index contributed by atoms with van der Waals surface area (Å²) in [6, 6.07) is 9.98. The van der Waals surface area contributed by atoms with Gasteiger partial charge in [-0.15, -0.1) is 0 Å². The van der Waals surface area contributed by atoms with Gasteiger partial charge < -0.3 is 4.74 Å². The largest absolute Gasteiger partial charge is 0.473 e. The zero-order chi connectivity index (χ0) is 11.4. The van der Waals surface area contributed by atoms with E-state index in [-0.39, 0.29) is 11.2 Å². The number of carbonyl (C=O) groups is 1. The van der Waals surface area contributed by atoms with E-state index in [1.807, 2.05) is 37.3 Å². The van der Waals surface area contributed by atoms with Gasteiger partial charge in [-0.1, -0.05) is 42.1 Å². The van der Waals surface area contributed by atoms with Gasteiger partial charge in [0.15, 0.2) is 0 Å². The van der Waals surface area contributed by atoms with Gasteiger partial charge in [-0.2, -0.15) is 4.99 Å². The third-order valence-corrected chi connectivity index (χ3v) is 3.39. The van der Waals surface area contributed by atoms with Crippen LogP contribution in [0.5, 0.6) is 0 Å². The molecule has 0 saturated carbocycles. The zero-order valence-electron chi connectivity index (χ0n) is 9.05. The molecule has 0 N–H and O–H groups in total. The second-order valence-electron chi connectivity index (χ2n) is 3.43. The number of thioether (sulfide) groups is 1. The van der Waals surface area contributed by atoms with Crippen LogP contribution in [0.25, 0.3) is 0 Å². The van der Waals surface area contributed by atoms with Gasteiger partial charge in [-0.3, -0.25) is 4.79 Å². The number of hydrogen-bond donors (Lipinski definition) is 0. The Labute approximate surface area is 98.9 Å². The van der Waals surface area contributed by atoms with Crippen LogP contribution in [0.4, 0.5) is 0 Å². The van der Waals surface area contributed by atoms with Crippen LogP contribution in [0.15, 0.2) is 35.3 Å². The van der Waals surface area contributed by atoms with Crippen LogP contribution in [0.1, 0.15) is 24.2 Å². The summed E-state index contributed by atoms with van der Waals surface area (Å²) in [6.45, 7) is 2.43. The molecule has 1 amide bonds. The summed E-state index contributed by atoms with van der Waals surface area (Å²) in [5.74, 6) is -0.101. The Bertz CT molecular complexity index is 403. The van der Waals surface area contributed by atoms with Gasteiger partial charge in [0.2, 0.25) is 0 Å². The molecule has 16 heavy (non-hydrogen) atoms. The Morgan fingerprint density at radius 3 is 2.88 bits per heavy atom. The quantitative estimate of drug-likeness (QED) is 0.791. The lowest BCUT2D eigenvalue weighted by atomic mass is 10.1. The van der Waals surface area contributed by atoms with Crippen molar-refractivity contribution in [1.29, 1.82) is 0 Å². The van der Waals surface area contributed by atoms with E-state index in [1.54, 1.807) is 0 Å². The SMILES string of the molecule is CCOC1=NC(=O)CC(c2ccccc2)S1. The van der Waals surface area contributed by atoms with E-state index in [9.17, 15) is 4.79 Å². The first-order chi connectivity index (χ1) is 7.79. The minimum atomic E-state index is -0.101. The summed E-state index contributed by atoms with van der Waals surface area (Å²) in [4.78, 5) is 15.3. The molecule has 1 unspecified atom stereocenters. The fourth-order valence-electron chi connectivity index (χ4n) is 1.54. The molecule has 0 radical (unpaired) electrons. The smallest absolute Gasteiger partial charge is 0.254 e. The van der Waals surface area contributed by atoms with Crippen molar-refractivity contribution >= 4 is 22.9 Å². The maximum atomic E-state index is 11.5. The molecular formula is C12H13NO2S. The summed E-state index contributed by atoms with van der Waals surface area (Å²) in [7, 11) is 0. The lowest BCUT2D eigenvalue weighted by Crippen LogP contribution is -2.15. The third-order valence-electron chi connectivity index (χ3n) is 2.26. The summed E-state index contributed by atoms with van der Waals surface area (Å²) in [5, 5.41) is 0.625. The Hall–Kier alpha value is -1.29. The van der Waals surface area contributed by atoms with E-state index in [0.717, 1.165) is 5.56 Å². The molecule has 2 rings (SSSR count). The highest BCUT2D eigenvalue weighted by Crippen LogP contribution is 2.36. The molecular weight excluding hydrogens is 222 g/mol. The summed E-state index contributed by atoms with van der Waals surface area (Å²) in [5.41, 5.74) is 1.15. The van der Waals surface area contributed by atoms with E-state index in [0.29, 0.717) is 18.3 Å². The van der Waals surface area contributed by atoms with Crippen molar-refractivity contribution in [3.8, 4) is 0 Å². The van der Waals surface area contributed by atoms with Crippen molar-refractivity contribution in [1.82, 2.24) is 0 Å². The molecule has 1 atom stereocenters. The van der Waals surface area contributed by atoms with Gasteiger partial charge in [-0.05, 0) is 12.5 Å². The summed E-state index contributed by atoms with van der Waals surface area (Å²) in [6.07, 6.45) is 0.450. The molecule has 0 bridgehead atoms. The van der Waals surface area contributed by atoms with Crippen molar-refractivity contribution in [2.75, 3.05) is 6.61 Å². The van der Waals surface area contributed by atoms with Gasteiger partial charge in [0.1, 0.15) is 0 Å². The molecule has 1 aliphatic heterocycles. The molecule has 1 heterocycles. The highest BCUT2D eigenvalue weighted by Gasteiger charge is 2.25. The maximum absolute atomic E-state index is 11.5. The van der Waals surface area contributed by atoms with E-state index in [2.05, 4.69) is 4.99 Å². The van der Waals surface area contributed by atoms with Crippen LogP contribution in [0.2, 0.25) is 0 Å². The average Bonchev–Trinajstić information content (AvgIpc) is 2.30. The number of amides is 1. The van der Waals surface area contributed by atoms with Crippen molar-refractivity contribution in [2.24, 2.45) is 4.99 Å². The molecule has 1 aromatic rings. The van der Waals surface area contributed by atoms with Gasteiger partial charge in [0.05, 0.1) is 6.61 Å². The Balaban J connectivity index is 2.15. The van der Waals surface area contributed by atoms with E-state index in [1.165, 1.54) is 11.8 Å². The summed E-state index contributed by atoms with van der Waals surface area (Å²) < 4.78 is 5.30. The van der Waals surface area contributed by atoms with Crippen LogP contribution in [0.3, 0.4) is 0 Å². The number of ether oxygens (including phenoxy) is 1. The molecule has 1 aliphatic rings. The van der Waals surface area contributed by atoms with Crippen LogP contribution in [-0.2, 0) is 9.53 Å². The van der Waals surface area contributed by atoms with Crippen LogP contribution in [-0.4, -0.2) is 17.7 Å². The van der Waals surface area contributed by atoms with Gasteiger partial charge in [0, 0.05) is 11.7 Å². The van der Waals surface area contributed by atoms with Crippen molar-refractivity contribution in [3.05, 3.63) is 35.9 Å². The van der Waals surface area contributed by atoms with E-state index >= 15 is 0 Å². The van der Waals surface area contributed by atoms with Gasteiger partial charge in [-0.25, -0.2) is 0 Å². The Morgan fingerprint density at radius 2 is 2.19 bits per heavy atom. The van der Waals surface area contributed by atoms with Crippen molar-refractivity contribution in [3.63, 3.8) is 0 Å². The van der Waals surface area contributed by atoms with Gasteiger partial charge >= 0.3 is 0 Å². The Morgan fingerprint density at radius 1 is 1.44 bits per heavy atom. The first-order valence-corrected chi connectivity index (χ1v) is 6.13. The monoisotopic (exact) mass is 235 g/mol. The number of hydrogen-bond acceptors (Lipinski definition) is 3. The van der Waals surface area contributed by atoms with E-state index < -0.39 is 0 Å². The number of aliphatic imine (C=N–C) groups is 1. The van der Waals surface area contributed by atoms with Crippen LogP contribution in [0, 0.1) is 0 Å². The molecule has 0 aromatic heterocycles. The standard InChI is InChI=1S/C12H13NO2S/c1-2-15-12-13-11(14)8-10(16-12)9-6-4-3-5-7-9/h3-7,10H,2,8H2,1H3. The first-order valence-electron chi connectivity index (χ1n) is 5.25. The normalized spacial score (nSPS) is 20.4. The topological polar surface area (TPSA) is 38.7 Å². The van der Waals surface area contributed by atoms with Gasteiger partial charge in [0.25, 0.3) is 11.1 Å². The van der Waals surface area contributed by atoms with Crippen molar-refractivity contribution < 1.29 is 9.53 Å². The second kappa shape index (κ2) is 5.16. The van der Waals surface area contributed by atoms with Crippen molar-refractivity contribution in [2.45, 2.75) is 18.6 Å². The minimum absolute atomic E-state index is 0.101. The molecule has 3 nitrogen and oxygen atoms in total. The predicted octanol–water partition coefficient (Wildman–Crippen LogP) is 2.78. The lowest BCUT2D eigenvalue weighted by molar-refractivity contribution is -0.117. The second-order valence-corrected chi connectivity index (χ2v) is 4.58.